The van der Waals surface area contributed by atoms with Crippen molar-refractivity contribution in [2.75, 3.05) is 0 Å². The van der Waals surface area contributed by atoms with Gasteiger partial charge in [-0.15, -0.1) is 11.6 Å². The molecule has 74 valence electrons. The molecule has 0 amide bonds. The van der Waals surface area contributed by atoms with Crippen LogP contribution in [0.25, 0.3) is 11.3 Å². The number of aromatic nitrogens is 1. The molecule has 3 nitrogen and oxygen atoms in total. The van der Waals surface area contributed by atoms with Crippen molar-refractivity contribution < 1.29 is 8.83 Å². The van der Waals surface area contributed by atoms with Gasteiger partial charge in [0, 0.05) is 0 Å². The van der Waals surface area contributed by atoms with Crippen molar-refractivity contribution in [3.63, 3.8) is 0 Å². The summed E-state index contributed by atoms with van der Waals surface area (Å²) >= 11 is 5.84. The highest BCUT2D eigenvalue weighted by Crippen LogP contribution is 2.28. The van der Waals surface area contributed by atoms with Crippen molar-refractivity contribution >= 4 is 11.6 Å². The van der Waals surface area contributed by atoms with Gasteiger partial charge in [-0.25, -0.2) is 4.98 Å². The summed E-state index contributed by atoms with van der Waals surface area (Å²) in [4.78, 5) is 4.07. The van der Waals surface area contributed by atoms with Crippen LogP contribution in [0.3, 0.4) is 0 Å². The highest BCUT2D eigenvalue weighted by molar-refractivity contribution is 6.20. The second kappa shape index (κ2) is 3.50. The SMILES string of the molecule is Cc1occc1-c1cnc(C(C)Cl)o1. The lowest BCUT2D eigenvalue weighted by atomic mass is 10.2. The number of nitrogens with zero attached hydrogens (tertiary/aromatic N) is 1. The van der Waals surface area contributed by atoms with E-state index >= 15 is 0 Å². The second-order valence-electron chi connectivity index (χ2n) is 3.07. The number of halogens is 1. The van der Waals surface area contributed by atoms with Crippen molar-refractivity contribution in [3.05, 3.63) is 30.2 Å². The van der Waals surface area contributed by atoms with E-state index in [0.29, 0.717) is 11.7 Å². The van der Waals surface area contributed by atoms with Gasteiger partial charge in [0.15, 0.2) is 5.76 Å². The fraction of sp³-hybridized carbons (Fsp3) is 0.300. The van der Waals surface area contributed by atoms with Crippen LogP contribution in [0, 0.1) is 6.92 Å². The minimum atomic E-state index is -0.212. The van der Waals surface area contributed by atoms with Crippen LogP contribution in [0.1, 0.15) is 24.0 Å². The van der Waals surface area contributed by atoms with Gasteiger partial charge in [0.25, 0.3) is 0 Å². The van der Waals surface area contributed by atoms with Gasteiger partial charge in [-0.05, 0) is 19.9 Å². The van der Waals surface area contributed by atoms with Crippen molar-refractivity contribution in [2.45, 2.75) is 19.2 Å². The summed E-state index contributed by atoms with van der Waals surface area (Å²) in [5.74, 6) is 2.04. The zero-order valence-corrected chi connectivity index (χ0v) is 8.71. The van der Waals surface area contributed by atoms with Gasteiger partial charge in [0.05, 0.1) is 18.0 Å². The first-order valence-corrected chi connectivity index (χ1v) is 4.76. The summed E-state index contributed by atoms with van der Waals surface area (Å²) in [6.45, 7) is 3.70. The van der Waals surface area contributed by atoms with E-state index in [-0.39, 0.29) is 5.38 Å². The summed E-state index contributed by atoms with van der Waals surface area (Å²) in [5, 5.41) is -0.212. The Kier molecular flexibility index (Phi) is 2.33. The Hall–Kier alpha value is -1.22. The molecule has 2 aromatic heterocycles. The number of aryl methyl sites for hydroxylation is 1. The lowest BCUT2D eigenvalue weighted by Gasteiger charge is -1.94. The van der Waals surface area contributed by atoms with E-state index in [9.17, 15) is 0 Å². The van der Waals surface area contributed by atoms with Crippen molar-refractivity contribution in [3.8, 4) is 11.3 Å². The summed E-state index contributed by atoms with van der Waals surface area (Å²) in [7, 11) is 0. The van der Waals surface area contributed by atoms with Crippen LogP contribution < -0.4 is 0 Å². The number of furan rings is 1. The lowest BCUT2D eigenvalue weighted by Crippen LogP contribution is -1.80. The molecule has 0 fully saturated rings. The van der Waals surface area contributed by atoms with Gasteiger partial charge in [-0.1, -0.05) is 0 Å². The van der Waals surface area contributed by atoms with Gasteiger partial charge >= 0.3 is 0 Å². The quantitative estimate of drug-likeness (QED) is 0.714. The molecule has 0 aliphatic rings. The Morgan fingerprint density at radius 2 is 2.29 bits per heavy atom. The molecule has 0 aliphatic carbocycles. The van der Waals surface area contributed by atoms with Gasteiger partial charge in [-0.3, -0.25) is 0 Å². The number of hydrogen-bond acceptors (Lipinski definition) is 3. The van der Waals surface area contributed by atoms with Gasteiger partial charge < -0.3 is 8.83 Å². The number of oxazole rings is 1. The van der Waals surface area contributed by atoms with Crippen LogP contribution in [0.4, 0.5) is 0 Å². The summed E-state index contributed by atoms with van der Waals surface area (Å²) in [6.07, 6.45) is 3.28. The molecule has 0 aromatic carbocycles. The molecule has 4 heteroatoms. The Bertz CT molecular complexity index is 431. The van der Waals surface area contributed by atoms with E-state index in [1.807, 2.05) is 19.9 Å². The maximum atomic E-state index is 5.84. The second-order valence-corrected chi connectivity index (χ2v) is 3.72. The molecular weight excluding hydrogens is 202 g/mol. The maximum Gasteiger partial charge on any atom is 0.212 e. The molecule has 0 aliphatic heterocycles. The predicted molar refractivity (Wildman–Crippen MR) is 53.2 cm³/mol. The highest BCUT2D eigenvalue weighted by atomic mass is 35.5. The van der Waals surface area contributed by atoms with E-state index in [1.54, 1.807) is 12.5 Å². The fourth-order valence-corrected chi connectivity index (χ4v) is 1.34. The minimum Gasteiger partial charge on any atom is -0.469 e. The summed E-state index contributed by atoms with van der Waals surface area (Å²) in [6, 6.07) is 1.85. The Morgan fingerprint density at radius 3 is 2.79 bits per heavy atom. The van der Waals surface area contributed by atoms with E-state index in [0.717, 1.165) is 11.3 Å². The molecule has 2 rings (SSSR count). The first-order valence-electron chi connectivity index (χ1n) is 4.32. The normalized spacial score (nSPS) is 13.1. The fourth-order valence-electron chi connectivity index (χ4n) is 1.24. The smallest absolute Gasteiger partial charge is 0.212 e. The first-order chi connectivity index (χ1) is 6.68. The van der Waals surface area contributed by atoms with Crippen LogP contribution in [0.5, 0.6) is 0 Å². The Morgan fingerprint density at radius 1 is 1.50 bits per heavy atom. The van der Waals surface area contributed by atoms with E-state index in [4.69, 9.17) is 20.4 Å². The number of rotatable bonds is 2. The third-order valence-electron chi connectivity index (χ3n) is 1.99. The topological polar surface area (TPSA) is 39.2 Å². The molecule has 1 unspecified atom stereocenters. The standard InChI is InChI=1S/C10H10ClNO2/c1-6(11)10-12-5-9(14-10)8-3-4-13-7(8)2/h3-6H,1-2H3. The van der Waals surface area contributed by atoms with Gasteiger partial charge in [0.2, 0.25) is 5.89 Å². The average Bonchev–Trinajstić information content (AvgIpc) is 2.71. The molecule has 0 N–H and O–H groups in total. The molecule has 14 heavy (non-hydrogen) atoms. The number of hydrogen-bond donors (Lipinski definition) is 0. The molecular formula is C10H10ClNO2. The zero-order chi connectivity index (χ0) is 10.1. The third kappa shape index (κ3) is 1.55. The monoisotopic (exact) mass is 211 g/mol. The first kappa shape index (κ1) is 9.34. The Balaban J connectivity index is 2.39. The zero-order valence-electron chi connectivity index (χ0n) is 7.95. The molecule has 2 heterocycles. The van der Waals surface area contributed by atoms with Crippen molar-refractivity contribution in [2.24, 2.45) is 0 Å². The van der Waals surface area contributed by atoms with Crippen molar-refractivity contribution in [1.82, 2.24) is 4.98 Å². The van der Waals surface area contributed by atoms with Gasteiger partial charge in [0.1, 0.15) is 11.1 Å². The van der Waals surface area contributed by atoms with Crippen LogP contribution >= 0.6 is 11.6 Å². The van der Waals surface area contributed by atoms with Crippen molar-refractivity contribution in [1.29, 1.82) is 0 Å². The van der Waals surface area contributed by atoms with E-state index < -0.39 is 0 Å². The van der Waals surface area contributed by atoms with Crippen LogP contribution in [-0.4, -0.2) is 4.98 Å². The van der Waals surface area contributed by atoms with E-state index in [1.165, 1.54) is 0 Å². The van der Waals surface area contributed by atoms with Crippen LogP contribution in [-0.2, 0) is 0 Å². The molecule has 1 atom stereocenters. The lowest BCUT2D eigenvalue weighted by molar-refractivity contribution is 0.502. The summed E-state index contributed by atoms with van der Waals surface area (Å²) in [5.41, 5.74) is 0.918. The number of alkyl halides is 1. The molecule has 0 radical (unpaired) electrons. The van der Waals surface area contributed by atoms with Gasteiger partial charge in [-0.2, -0.15) is 0 Å². The Labute approximate surface area is 86.7 Å². The minimum absolute atomic E-state index is 0.212. The third-order valence-corrected chi connectivity index (χ3v) is 2.17. The average molecular weight is 212 g/mol. The maximum absolute atomic E-state index is 5.84. The molecule has 0 spiro atoms. The molecule has 2 aromatic rings. The molecule has 0 bridgehead atoms. The van der Waals surface area contributed by atoms with Crippen LogP contribution in [0.15, 0.2) is 27.4 Å². The largest absolute Gasteiger partial charge is 0.469 e. The molecule has 0 saturated heterocycles. The predicted octanol–water partition coefficient (Wildman–Crippen LogP) is 3.54. The van der Waals surface area contributed by atoms with Crippen LogP contribution in [0.2, 0.25) is 0 Å². The highest BCUT2D eigenvalue weighted by Gasteiger charge is 2.13. The molecule has 0 saturated carbocycles. The van der Waals surface area contributed by atoms with E-state index in [2.05, 4.69) is 4.98 Å². The summed E-state index contributed by atoms with van der Waals surface area (Å²) < 4.78 is 10.6.